The molecule has 0 radical (unpaired) electrons. The van der Waals surface area contributed by atoms with E-state index in [1.807, 2.05) is 13.0 Å². The van der Waals surface area contributed by atoms with Crippen molar-refractivity contribution >= 4 is 46.4 Å². The zero-order chi connectivity index (χ0) is 39.1. The van der Waals surface area contributed by atoms with Crippen LogP contribution >= 0.6 is 11.6 Å². The van der Waals surface area contributed by atoms with Crippen molar-refractivity contribution in [1.82, 2.24) is 39.5 Å². The molecular weight excluding hydrogens is 744 g/mol. The van der Waals surface area contributed by atoms with Gasteiger partial charge in [-0.1, -0.05) is 54.4 Å². The van der Waals surface area contributed by atoms with E-state index in [9.17, 15) is 9.59 Å². The van der Waals surface area contributed by atoms with Crippen molar-refractivity contribution in [3.05, 3.63) is 54.1 Å². The van der Waals surface area contributed by atoms with Crippen molar-refractivity contribution in [1.29, 1.82) is 10.5 Å². The molecule has 8 rings (SSSR count). The fourth-order valence-corrected chi connectivity index (χ4v) is 8.10. The summed E-state index contributed by atoms with van der Waals surface area (Å²) >= 11 is 5.97. The zero-order valence-corrected chi connectivity index (χ0v) is 32.5. The van der Waals surface area contributed by atoms with Crippen molar-refractivity contribution in [3.63, 3.8) is 0 Å². The lowest BCUT2D eigenvalue weighted by molar-refractivity contribution is -0.120. The van der Waals surface area contributed by atoms with Gasteiger partial charge in [0.2, 0.25) is 23.0 Å². The second kappa shape index (κ2) is 20.0. The van der Waals surface area contributed by atoms with Crippen molar-refractivity contribution in [2.75, 3.05) is 33.7 Å². The maximum atomic E-state index is 12.9. The van der Waals surface area contributed by atoms with Crippen LogP contribution in [0.1, 0.15) is 104 Å². The van der Waals surface area contributed by atoms with E-state index in [1.165, 1.54) is 25.7 Å². The normalized spacial score (nSPS) is 18.9. The second-order valence-electron chi connectivity index (χ2n) is 14.1. The number of halogens is 1. The number of anilines is 4. The Kier molecular flexibility index (Phi) is 15.5. The first-order valence-corrected chi connectivity index (χ1v) is 19.3. The van der Waals surface area contributed by atoms with Crippen LogP contribution < -0.4 is 19.6 Å². The van der Waals surface area contributed by atoms with E-state index in [4.69, 9.17) is 27.1 Å². The molecule has 2 fully saturated rings. The van der Waals surface area contributed by atoms with Crippen LogP contribution in [0.5, 0.6) is 0 Å². The van der Waals surface area contributed by atoms with Crippen molar-refractivity contribution in [2.45, 2.75) is 130 Å². The maximum Gasteiger partial charge on any atom is 0.249 e. The number of hydrogen-bond acceptors (Lipinski definition) is 12. The average molecular weight is 799 g/mol. The maximum absolute atomic E-state index is 12.9. The Morgan fingerprint density at radius 1 is 0.772 bits per heavy atom. The molecule has 0 saturated heterocycles. The van der Waals surface area contributed by atoms with Crippen LogP contribution in [-0.2, 0) is 22.4 Å². The number of nitrogens with one attached hydrogen (secondary N) is 1. The highest BCUT2D eigenvalue weighted by Gasteiger charge is 2.42. The molecule has 2 saturated carbocycles. The van der Waals surface area contributed by atoms with Gasteiger partial charge in [0.25, 0.3) is 0 Å². The Bertz CT molecular complexity index is 2030. The highest BCUT2D eigenvalue weighted by Crippen LogP contribution is 2.41. The van der Waals surface area contributed by atoms with Gasteiger partial charge in [0.05, 0.1) is 49.4 Å². The number of carbonyl (C=O) groups is 2. The van der Waals surface area contributed by atoms with Gasteiger partial charge >= 0.3 is 0 Å². The molecular formula is C40H55ClN14O2. The molecule has 0 unspecified atom stereocenters. The molecule has 304 valence electrons. The molecule has 0 spiro atoms. The third-order valence-electron chi connectivity index (χ3n) is 10.7. The van der Waals surface area contributed by atoms with E-state index in [0.29, 0.717) is 30.1 Å². The van der Waals surface area contributed by atoms with Crippen molar-refractivity contribution in [2.24, 2.45) is 0 Å². The molecule has 4 aliphatic rings. The topological polar surface area (TPSA) is 193 Å². The summed E-state index contributed by atoms with van der Waals surface area (Å²) in [5, 5.41) is 17.2. The Hall–Kier alpha value is -5.61. The molecule has 6 heterocycles. The number of H-pyrrole nitrogens is 1. The minimum Gasteiger partial charge on any atom is -0.348 e. The number of aromatic nitrogens is 8. The molecule has 0 aromatic carbocycles. The minimum absolute atomic E-state index is 0. The van der Waals surface area contributed by atoms with Gasteiger partial charge in [0, 0.05) is 44.3 Å². The van der Waals surface area contributed by atoms with E-state index in [2.05, 4.69) is 52.7 Å². The predicted molar refractivity (Wildman–Crippen MR) is 221 cm³/mol. The third-order valence-corrected chi connectivity index (χ3v) is 10.9. The lowest BCUT2D eigenvalue weighted by Gasteiger charge is -2.43. The Morgan fingerprint density at radius 3 is 1.79 bits per heavy atom. The summed E-state index contributed by atoms with van der Waals surface area (Å²) in [7, 11) is 3.58. The SMILES string of the molecule is C.C.CC[C@@H]1C(=O)N(C)c2cnc(-n3cnc(CC#N)c3)nc2N1C1CCCC1.CC[C@@H]1C(=O)N(C)c2cnc(Cl)nc2N1C1CCCC1.N#CCc1cnc[nH]1. The molecule has 2 atom stereocenters. The Balaban J connectivity index is 0.000000211. The summed E-state index contributed by atoms with van der Waals surface area (Å²) in [4.78, 5) is 61.7. The Labute approximate surface area is 340 Å². The first kappa shape index (κ1) is 44.1. The van der Waals surface area contributed by atoms with Crippen molar-refractivity contribution < 1.29 is 9.59 Å². The molecule has 17 heteroatoms. The highest BCUT2D eigenvalue weighted by molar-refractivity contribution is 6.28. The number of hydrogen-bond donors (Lipinski definition) is 1. The fraction of sp³-hybridized carbons (Fsp3) is 0.550. The van der Waals surface area contributed by atoms with Gasteiger partial charge < -0.3 is 24.6 Å². The monoisotopic (exact) mass is 798 g/mol. The largest absolute Gasteiger partial charge is 0.348 e. The number of nitriles is 2. The molecule has 2 aliphatic heterocycles. The van der Waals surface area contributed by atoms with Gasteiger partial charge in [0.1, 0.15) is 29.8 Å². The standard InChI is InChI=1S/C19H23N7O.C14H19ClN4O.C5H5N3.2CH4/c1-3-15-18(27)24(2)16-10-21-19(25-11-13(8-9-20)22-12-25)23-17(16)26(15)14-6-4-5-7-14;1-3-10-13(20)18(2)11-8-16-14(15)17-12(11)19(10)9-6-4-5-7-9;6-2-1-5-3-7-4-8-5;;/h10-12,14-15H,3-8H2,1-2H3;8-10H,3-7H2,1-2H3;3-4H,1H2,(H,7,8);2*1H4/t15-;10-;;;/m11.../s1. The highest BCUT2D eigenvalue weighted by atomic mass is 35.5. The molecule has 4 aromatic rings. The van der Waals surface area contributed by atoms with Crippen molar-refractivity contribution in [3.8, 4) is 18.1 Å². The minimum atomic E-state index is -0.190. The smallest absolute Gasteiger partial charge is 0.249 e. The molecule has 16 nitrogen and oxygen atoms in total. The number of likely N-dealkylation sites (N-methyl/N-ethyl adjacent to an activating group) is 2. The number of rotatable bonds is 7. The Morgan fingerprint density at radius 2 is 1.30 bits per heavy atom. The molecule has 2 amide bonds. The molecule has 2 aliphatic carbocycles. The summed E-state index contributed by atoms with van der Waals surface area (Å²) < 4.78 is 1.73. The van der Waals surface area contributed by atoms with E-state index in [-0.39, 0.29) is 50.5 Å². The van der Waals surface area contributed by atoms with Crippen LogP contribution in [0.25, 0.3) is 5.95 Å². The zero-order valence-electron chi connectivity index (χ0n) is 31.8. The number of amides is 2. The molecule has 0 bridgehead atoms. The van der Waals surface area contributed by atoms with E-state index >= 15 is 0 Å². The summed E-state index contributed by atoms with van der Waals surface area (Å²) in [5.41, 5.74) is 3.06. The van der Waals surface area contributed by atoms with Gasteiger partial charge in [-0.15, -0.1) is 0 Å². The first-order chi connectivity index (χ1) is 26.7. The number of imidazole rings is 2. The number of carbonyl (C=O) groups excluding carboxylic acids is 2. The first-order valence-electron chi connectivity index (χ1n) is 19.0. The number of fused-ring (bicyclic) bond motifs is 2. The fourth-order valence-electron chi connectivity index (χ4n) is 7.97. The van der Waals surface area contributed by atoms with E-state index in [1.54, 1.807) is 65.9 Å². The van der Waals surface area contributed by atoms with E-state index in [0.717, 1.165) is 67.2 Å². The van der Waals surface area contributed by atoms with Crippen LogP contribution in [0.3, 0.4) is 0 Å². The molecule has 4 aromatic heterocycles. The lowest BCUT2D eigenvalue weighted by Crippen LogP contribution is -2.55. The summed E-state index contributed by atoms with van der Waals surface area (Å²) in [6, 6.07) is 4.50. The average Bonchev–Trinajstić information content (AvgIpc) is 4.04. The van der Waals surface area contributed by atoms with Gasteiger partial charge in [-0.3, -0.25) is 14.2 Å². The number of aromatic amines is 1. The summed E-state index contributed by atoms with van der Waals surface area (Å²) in [6.07, 6.45) is 21.4. The summed E-state index contributed by atoms with van der Waals surface area (Å²) in [5.74, 6) is 2.36. The van der Waals surface area contributed by atoms with Crippen LogP contribution in [0.15, 0.2) is 37.4 Å². The molecule has 1 N–H and O–H groups in total. The second-order valence-corrected chi connectivity index (χ2v) is 14.4. The summed E-state index contributed by atoms with van der Waals surface area (Å²) in [6.45, 7) is 4.10. The van der Waals surface area contributed by atoms with Gasteiger partial charge in [-0.2, -0.15) is 20.5 Å². The lowest BCUT2D eigenvalue weighted by atomic mass is 10.0. The van der Waals surface area contributed by atoms with Gasteiger partial charge in [0.15, 0.2) is 11.6 Å². The van der Waals surface area contributed by atoms with E-state index < -0.39 is 0 Å². The molecule has 57 heavy (non-hydrogen) atoms. The third kappa shape index (κ3) is 9.34. The van der Waals surface area contributed by atoms with Gasteiger partial charge in [-0.25, -0.2) is 19.9 Å². The quantitative estimate of drug-likeness (QED) is 0.197. The van der Waals surface area contributed by atoms with Crippen LogP contribution in [-0.4, -0.2) is 89.5 Å². The predicted octanol–water partition coefficient (Wildman–Crippen LogP) is 6.61. The van der Waals surface area contributed by atoms with Crippen LogP contribution in [0, 0.1) is 22.7 Å². The number of nitrogens with zero attached hydrogens (tertiary/aromatic N) is 13. The van der Waals surface area contributed by atoms with Gasteiger partial charge in [-0.05, 0) is 50.1 Å². The van der Waals surface area contributed by atoms with Crippen LogP contribution in [0.4, 0.5) is 23.0 Å². The van der Waals surface area contributed by atoms with Crippen LogP contribution in [0.2, 0.25) is 5.28 Å².